The molecule has 4 nitrogen and oxygen atoms in total. The molecule has 1 saturated heterocycles. The molecule has 3 N–H and O–H groups in total. The van der Waals surface area contributed by atoms with Crippen molar-refractivity contribution in [1.29, 1.82) is 0 Å². The van der Waals surface area contributed by atoms with Crippen molar-refractivity contribution in [3.63, 3.8) is 0 Å². The summed E-state index contributed by atoms with van der Waals surface area (Å²) in [6, 6.07) is 3.50. The summed E-state index contributed by atoms with van der Waals surface area (Å²) in [5, 5.41) is 9.73. The largest absolute Gasteiger partial charge is 0.417 e. The van der Waals surface area contributed by atoms with Gasteiger partial charge in [0.05, 0.1) is 0 Å². The Morgan fingerprint density at radius 2 is 2.10 bits per heavy atom. The molecule has 20 heavy (non-hydrogen) atoms. The van der Waals surface area contributed by atoms with E-state index in [2.05, 4.69) is 4.98 Å². The highest BCUT2D eigenvalue weighted by atomic mass is 19.4. The van der Waals surface area contributed by atoms with Gasteiger partial charge in [-0.2, -0.15) is 13.2 Å². The number of rotatable bonds is 2. The molecule has 2 heterocycles. The van der Waals surface area contributed by atoms with Crippen molar-refractivity contribution >= 4 is 5.82 Å². The van der Waals surface area contributed by atoms with Crippen LogP contribution in [0.5, 0.6) is 0 Å². The molecular weight excluding hydrogens is 271 g/mol. The Bertz CT molecular complexity index is 466. The van der Waals surface area contributed by atoms with Crippen molar-refractivity contribution in [1.82, 2.24) is 9.88 Å². The fourth-order valence-electron chi connectivity index (χ4n) is 2.47. The Hall–Kier alpha value is -1.34. The number of nitrogens with two attached hydrogens (primary N) is 1. The summed E-state index contributed by atoms with van der Waals surface area (Å²) in [7, 11) is 0. The molecule has 112 valence electrons. The van der Waals surface area contributed by atoms with Gasteiger partial charge in [0.2, 0.25) is 0 Å². The van der Waals surface area contributed by atoms with Gasteiger partial charge in [0, 0.05) is 19.3 Å². The van der Waals surface area contributed by atoms with Crippen LogP contribution in [0.1, 0.15) is 24.8 Å². The predicted octanol–water partition coefficient (Wildman–Crippen LogP) is 1.94. The minimum atomic E-state index is -4.57. The zero-order chi connectivity index (χ0) is 14.8. The zero-order valence-electron chi connectivity index (χ0n) is 11.0. The van der Waals surface area contributed by atoms with E-state index in [0.717, 1.165) is 5.56 Å². The number of alkyl halides is 3. The Morgan fingerprint density at radius 1 is 1.35 bits per heavy atom. The number of halogens is 3. The van der Waals surface area contributed by atoms with Gasteiger partial charge in [-0.15, -0.1) is 0 Å². The number of hydrogen-bond donors (Lipinski definition) is 2. The smallest absolute Gasteiger partial charge is 0.384 e. The van der Waals surface area contributed by atoms with Crippen LogP contribution in [-0.4, -0.2) is 39.9 Å². The fraction of sp³-hybridized carbons (Fsp3) is 0.615. The summed E-state index contributed by atoms with van der Waals surface area (Å²) in [4.78, 5) is 5.78. The Balaban J connectivity index is 2.00. The van der Waals surface area contributed by atoms with Crippen LogP contribution in [0, 0.1) is 0 Å². The average Bonchev–Trinajstić information content (AvgIpc) is 2.52. The van der Waals surface area contributed by atoms with Crippen molar-refractivity contribution < 1.29 is 18.3 Å². The first-order valence-corrected chi connectivity index (χ1v) is 6.52. The number of aromatic nitrogens is 1. The molecule has 1 atom stereocenters. The second kappa shape index (κ2) is 5.57. The van der Waals surface area contributed by atoms with Crippen molar-refractivity contribution in [2.45, 2.75) is 37.6 Å². The van der Waals surface area contributed by atoms with Crippen molar-refractivity contribution in [3.05, 3.63) is 23.9 Å². The molecule has 1 aromatic heterocycles. The Kier molecular flexibility index (Phi) is 4.19. The quantitative estimate of drug-likeness (QED) is 0.873. The molecule has 0 bridgehead atoms. The molecule has 1 aliphatic rings. The highest BCUT2D eigenvalue weighted by Crippen LogP contribution is 2.38. The number of hydrogen-bond acceptors (Lipinski definition) is 4. The molecule has 0 aromatic carbocycles. The minimum Gasteiger partial charge on any atom is -0.384 e. The third kappa shape index (κ3) is 3.40. The van der Waals surface area contributed by atoms with E-state index in [0.29, 0.717) is 25.3 Å². The van der Waals surface area contributed by atoms with E-state index < -0.39 is 11.8 Å². The van der Waals surface area contributed by atoms with Gasteiger partial charge in [0.15, 0.2) is 5.60 Å². The number of likely N-dealkylation sites (tertiary alicyclic amines) is 1. The second-order valence-electron chi connectivity index (χ2n) is 5.25. The first kappa shape index (κ1) is 15.1. The van der Waals surface area contributed by atoms with Gasteiger partial charge < -0.3 is 10.8 Å². The third-order valence-corrected chi connectivity index (χ3v) is 3.69. The molecule has 1 aliphatic heterocycles. The molecule has 2 rings (SSSR count). The van der Waals surface area contributed by atoms with Gasteiger partial charge in [-0.3, -0.25) is 4.90 Å². The standard InChI is InChI=1S/C13H18F3N3O/c14-13(15,16)12(20)3-1-6-19(7-4-12)9-10-2-5-18-11(17)8-10/h2,5,8,20H,1,3-4,6-7,9H2,(H2,17,18). The van der Waals surface area contributed by atoms with E-state index in [9.17, 15) is 18.3 Å². The van der Waals surface area contributed by atoms with Crippen LogP contribution >= 0.6 is 0 Å². The topological polar surface area (TPSA) is 62.4 Å². The van der Waals surface area contributed by atoms with Gasteiger partial charge in [0.1, 0.15) is 5.82 Å². The first-order valence-electron chi connectivity index (χ1n) is 6.52. The number of anilines is 1. The normalized spacial score (nSPS) is 25.4. The zero-order valence-corrected chi connectivity index (χ0v) is 11.0. The summed E-state index contributed by atoms with van der Waals surface area (Å²) in [6.45, 7) is 1.25. The maximum Gasteiger partial charge on any atom is 0.417 e. The lowest BCUT2D eigenvalue weighted by molar-refractivity contribution is -0.263. The monoisotopic (exact) mass is 289 g/mol. The Morgan fingerprint density at radius 3 is 2.75 bits per heavy atom. The molecule has 0 radical (unpaired) electrons. The SMILES string of the molecule is Nc1cc(CN2CCCC(O)(C(F)(F)F)CC2)ccn1. The van der Waals surface area contributed by atoms with E-state index in [1.54, 1.807) is 18.3 Å². The number of nitrogen functional groups attached to an aromatic ring is 1. The predicted molar refractivity (Wildman–Crippen MR) is 68.8 cm³/mol. The van der Waals surface area contributed by atoms with E-state index >= 15 is 0 Å². The third-order valence-electron chi connectivity index (χ3n) is 3.69. The molecule has 7 heteroatoms. The van der Waals surface area contributed by atoms with Crippen molar-refractivity contribution in [2.24, 2.45) is 0 Å². The summed E-state index contributed by atoms with van der Waals surface area (Å²) < 4.78 is 38.5. The van der Waals surface area contributed by atoms with Gasteiger partial charge in [-0.1, -0.05) is 0 Å². The van der Waals surface area contributed by atoms with Gasteiger partial charge >= 0.3 is 6.18 Å². The molecule has 0 saturated carbocycles. The maximum absolute atomic E-state index is 12.8. The van der Waals surface area contributed by atoms with E-state index in [-0.39, 0.29) is 19.4 Å². The molecule has 1 fully saturated rings. The van der Waals surface area contributed by atoms with Crippen LogP contribution < -0.4 is 5.73 Å². The second-order valence-corrected chi connectivity index (χ2v) is 5.25. The van der Waals surface area contributed by atoms with Crippen LogP contribution in [0.25, 0.3) is 0 Å². The number of pyridine rings is 1. The maximum atomic E-state index is 12.8. The summed E-state index contributed by atoms with van der Waals surface area (Å²) >= 11 is 0. The van der Waals surface area contributed by atoms with Crippen LogP contribution in [0.3, 0.4) is 0 Å². The van der Waals surface area contributed by atoms with E-state index in [1.807, 2.05) is 4.90 Å². The lowest BCUT2D eigenvalue weighted by Crippen LogP contribution is -2.45. The van der Waals surface area contributed by atoms with Gasteiger partial charge in [-0.25, -0.2) is 4.98 Å². The highest BCUT2D eigenvalue weighted by Gasteiger charge is 2.53. The summed E-state index contributed by atoms with van der Waals surface area (Å²) in [5.74, 6) is 0.393. The Labute approximate surface area is 115 Å². The van der Waals surface area contributed by atoms with E-state index in [4.69, 9.17) is 5.73 Å². The minimum absolute atomic E-state index is 0.207. The van der Waals surface area contributed by atoms with Crippen LogP contribution in [-0.2, 0) is 6.54 Å². The lowest BCUT2D eigenvalue weighted by atomic mass is 9.94. The number of aliphatic hydroxyl groups is 1. The summed E-state index contributed by atoms with van der Waals surface area (Å²) in [5.41, 5.74) is 3.93. The molecule has 0 aliphatic carbocycles. The van der Waals surface area contributed by atoms with Gasteiger partial charge in [-0.05, 0) is 43.5 Å². The van der Waals surface area contributed by atoms with E-state index in [1.165, 1.54) is 0 Å². The average molecular weight is 289 g/mol. The first-order chi connectivity index (χ1) is 9.30. The molecule has 0 amide bonds. The van der Waals surface area contributed by atoms with Crippen LogP contribution in [0.15, 0.2) is 18.3 Å². The molecule has 1 unspecified atom stereocenters. The highest BCUT2D eigenvalue weighted by molar-refractivity contribution is 5.31. The van der Waals surface area contributed by atoms with Crippen molar-refractivity contribution in [2.75, 3.05) is 18.8 Å². The molecule has 0 spiro atoms. The summed E-state index contributed by atoms with van der Waals surface area (Å²) in [6.07, 6.45) is -3.21. The molecule has 1 aromatic rings. The lowest BCUT2D eigenvalue weighted by Gasteiger charge is -2.29. The van der Waals surface area contributed by atoms with Crippen LogP contribution in [0.4, 0.5) is 19.0 Å². The van der Waals surface area contributed by atoms with Crippen LogP contribution in [0.2, 0.25) is 0 Å². The molecular formula is C13H18F3N3O. The van der Waals surface area contributed by atoms with Gasteiger partial charge in [0.25, 0.3) is 0 Å². The number of nitrogens with zero attached hydrogens (tertiary/aromatic N) is 2. The van der Waals surface area contributed by atoms with Crippen molar-refractivity contribution in [3.8, 4) is 0 Å². The fourth-order valence-corrected chi connectivity index (χ4v) is 2.47.